The van der Waals surface area contributed by atoms with Crippen LogP contribution in [0.15, 0.2) is 54.6 Å². The van der Waals surface area contributed by atoms with Crippen molar-refractivity contribution in [3.8, 4) is 0 Å². The number of carbonyl (C=O) groups is 1. The molecular formula is C18H14Cl2N2O2. The Morgan fingerprint density at radius 3 is 2.54 bits per heavy atom. The molecule has 4 nitrogen and oxygen atoms in total. The third kappa shape index (κ3) is 3.85. The molecule has 0 aliphatic heterocycles. The van der Waals surface area contributed by atoms with Crippen molar-refractivity contribution in [2.24, 2.45) is 0 Å². The van der Waals surface area contributed by atoms with Gasteiger partial charge in [-0.05, 0) is 35.9 Å². The summed E-state index contributed by atoms with van der Waals surface area (Å²) in [4.78, 5) is 16.5. The highest BCUT2D eigenvalue weighted by atomic mass is 35.5. The lowest BCUT2D eigenvalue weighted by Crippen LogP contribution is -2.29. The topological polar surface area (TPSA) is 62.2 Å². The van der Waals surface area contributed by atoms with Crippen LogP contribution in [0.4, 0.5) is 0 Å². The number of amides is 1. The number of carbonyl (C=O) groups excluding carboxylic acids is 1. The minimum absolute atomic E-state index is 0.0318. The van der Waals surface area contributed by atoms with Crippen molar-refractivity contribution in [3.05, 3.63) is 75.9 Å². The van der Waals surface area contributed by atoms with Crippen LogP contribution in [-0.2, 0) is 0 Å². The molecule has 0 aliphatic carbocycles. The smallest absolute Gasteiger partial charge is 0.270 e. The first kappa shape index (κ1) is 16.7. The van der Waals surface area contributed by atoms with Crippen molar-refractivity contribution in [1.29, 1.82) is 0 Å². The zero-order valence-corrected chi connectivity index (χ0v) is 14.1. The van der Waals surface area contributed by atoms with Crippen LogP contribution in [0.5, 0.6) is 0 Å². The molecule has 0 aliphatic rings. The minimum atomic E-state index is -0.911. The molecule has 2 aromatic carbocycles. The van der Waals surface area contributed by atoms with Gasteiger partial charge in [-0.1, -0.05) is 47.5 Å². The summed E-state index contributed by atoms with van der Waals surface area (Å²) in [6, 6.07) is 15.8. The van der Waals surface area contributed by atoms with E-state index in [0.717, 1.165) is 10.9 Å². The van der Waals surface area contributed by atoms with Gasteiger partial charge < -0.3 is 10.4 Å². The Kier molecular flexibility index (Phi) is 5.00. The summed E-state index contributed by atoms with van der Waals surface area (Å²) in [5.74, 6) is -0.354. The largest absolute Gasteiger partial charge is 0.387 e. The summed E-state index contributed by atoms with van der Waals surface area (Å²) in [5, 5.41) is 14.7. The summed E-state index contributed by atoms with van der Waals surface area (Å²) in [5.41, 5.74) is 1.58. The number of aliphatic hydroxyl groups excluding tert-OH is 1. The van der Waals surface area contributed by atoms with Crippen molar-refractivity contribution in [2.75, 3.05) is 6.54 Å². The normalized spacial score (nSPS) is 12.1. The molecule has 1 atom stereocenters. The summed E-state index contributed by atoms with van der Waals surface area (Å²) >= 11 is 11.8. The molecule has 6 heteroatoms. The van der Waals surface area contributed by atoms with Gasteiger partial charge in [0.15, 0.2) is 0 Å². The average Bonchev–Trinajstić information content (AvgIpc) is 2.58. The number of para-hydroxylation sites is 1. The molecular weight excluding hydrogens is 347 g/mol. The first-order chi connectivity index (χ1) is 11.5. The molecule has 1 heterocycles. The lowest BCUT2D eigenvalue weighted by molar-refractivity contribution is 0.0912. The Morgan fingerprint density at radius 2 is 1.79 bits per heavy atom. The number of hydrogen-bond acceptors (Lipinski definition) is 3. The number of hydrogen-bond donors (Lipinski definition) is 2. The fourth-order valence-electron chi connectivity index (χ4n) is 2.36. The van der Waals surface area contributed by atoms with Gasteiger partial charge in [-0.15, -0.1) is 0 Å². The number of fused-ring (bicyclic) bond motifs is 1. The molecule has 2 N–H and O–H groups in total. The molecule has 3 aromatic rings. The Labute approximate surface area is 149 Å². The van der Waals surface area contributed by atoms with Crippen LogP contribution in [0.25, 0.3) is 10.9 Å². The van der Waals surface area contributed by atoms with Crippen LogP contribution in [0.3, 0.4) is 0 Å². The highest BCUT2D eigenvalue weighted by Gasteiger charge is 2.13. The highest BCUT2D eigenvalue weighted by Crippen LogP contribution is 2.23. The number of benzene rings is 2. The Hall–Kier alpha value is -2.14. The number of aromatic nitrogens is 1. The average molecular weight is 361 g/mol. The zero-order valence-electron chi connectivity index (χ0n) is 12.5. The number of pyridine rings is 1. The third-order valence-corrected chi connectivity index (χ3v) is 3.99. The Morgan fingerprint density at radius 1 is 1.08 bits per heavy atom. The number of nitrogens with zero attached hydrogens (tertiary/aromatic N) is 1. The van der Waals surface area contributed by atoms with Gasteiger partial charge in [0.25, 0.3) is 5.91 Å². The van der Waals surface area contributed by atoms with Gasteiger partial charge >= 0.3 is 0 Å². The second-order valence-electron chi connectivity index (χ2n) is 5.32. The molecule has 24 heavy (non-hydrogen) atoms. The summed E-state index contributed by atoms with van der Waals surface area (Å²) in [6.07, 6.45) is -0.911. The summed E-state index contributed by atoms with van der Waals surface area (Å²) in [7, 11) is 0. The third-order valence-electron chi connectivity index (χ3n) is 3.56. The SMILES string of the molecule is O=C(NCC(O)c1cc(Cl)cc(Cl)c1)c1ccc2ccccc2n1. The van der Waals surface area contributed by atoms with Crippen LogP contribution in [0.1, 0.15) is 22.2 Å². The van der Waals surface area contributed by atoms with Crippen LogP contribution >= 0.6 is 23.2 Å². The maximum Gasteiger partial charge on any atom is 0.270 e. The van der Waals surface area contributed by atoms with Gasteiger partial charge in [0.1, 0.15) is 5.69 Å². The van der Waals surface area contributed by atoms with E-state index in [1.54, 1.807) is 24.3 Å². The van der Waals surface area contributed by atoms with Gasteiger partial charge in [-0.25, -0.2) is 4.98 Å². The molecule has 0 saturated carbocycles. The van der Waals surface area contributed by atoms with Crippen LogP contribution in [-0.4, -0.2) is 22.5 Å². The van der Waals surface area contributed by atoms with Crippen molar-refractivity contribution in [2.45, 2.75) is 6.10 Å². The predicted molar refractivity (Wildman–Crippen MR) is 95.5 cm³/mol. The Balaban J connectivity index is 1.69. The molecule has 0 saturated heterocycles. The lowest BCUT2D eigenvalue weighted by atomic mass is 10.1. The first-order valence-corrected chi connectivity index (χ1v) is 8.06. The molecule has 1 aromatic heterocycles. The van der Waals surface area contributed by atoms with Gasteiger partial charge in [0.2, 0.25) is 0 Å². The van der Waals surface area contributed by atoms with E-state index in [-0.39, 0.29) is 12.5 Å². The van der Waals surface area contributed by atoms with Crippen LogP contribution < -0.4 is 5.32 Å². The molecule has 122 valence electrons. The second kappa shape index (κ2) is 7.18. The zero-order chi connectivity index (χ0) is 17.1. The van der Waals surface area contributed by atoms with Crippen molar-refractivity contribution in [3.63, 3.8) is 0 Å². The summed E-state index contributed by atoms with van der Waals surface area (Å²) < 4.78 is 0. The molecule has 1 amide bonds. The maximum atomic E-state index is 12.2. The van der Waals surface area contributed by atoms with Crippen molar-refractivity contribution >= 4 is 40.0 Å². The first-order valence-electron chi connectivity index (χ1n) is 7.31. The van der Waals surface area contributed by atoms with E-state index in [1.165, 1.54) is 0 Å². The van der Waals surface area contributed by atoms with Gasteiger partial charge in [0.05, 0.1) is 11.6 Å². The fourth-order valence-corrected chi connectivity index (χ4v) is 2.90. The number of rotatable bonds is 4. The standard InChI is InChI=1S/C18H14Cl2N2O2/c19-13-7-12(8-14(20)9-13)17(23)10-21-18(24)16-6-5-11-3-1-2-4-15(11)22-16/h1-9,17,23H,10H2,(H,21,24). The van der Waals surface area contributed by atoms with E-state index in [1.807, 2.05) is 30.3 Å². The van der Waals surface area contributed by atoms with Gasteiger partial charge in [-0.2, -0.15) is 0 Å². The monoisotopic (exact) mass is 360 g/mol. The van der Waals surface area contributed by atoms with E-state index in [0.29, 0.717) is 21.3 Å². The number of aliphatic hydroxyl groups is 1. The fraction of sp³-hybridized carbons (Fsp3) is 0.111. The summed E-state index contributed by atoms with van der Waals surface area (Å²) in [6.45, 7) is 0.0318. The van der Waals surface area contributed by atoms with E-state index < -0.39 is 6.10 Å². The molecule has 3 rings (SSSR count). The van der Waals surface area contributed by atoms with E-state index in [4.69, 9.17) is 23.2 Å². The maximum absolute atomic E-state index is 12.2. The minimum Gasteiger partial charge on any atom is -0.387 e. The lowest BCUT2D eigenvalue weighted by Gasteiger charge is -2.13. The molecule has 1 unspecified atom stereocenters. The predicted octanol–water partition coefficient (Wildman–Crippen LogP) is 4.01. The van der Waals surface area contributed by atoms with E-state index in [2.05, 4.69) is 10.3 Å². The molecule has 0 spiro atoms. The van der Waals surface area contributed by atoms with Crippen LogP contribution in [0, 0.1) is 0 Å². The van der Waals surface area contributed by atoms with Gasteiger partial charge in [-0.3, -0.25) is 4.79 Å². The van der Waals surface area contributed by atoms with Crippen molar-refractivity contribution in [1.82, 2.24) is 10.3 Å². The number of nitrogens with one attached hydrogen (secondary N) is 1. The quantitative estimate of drug-likeness (QED) is 0.738. The molecule has 0 bridgehead atoms. The molecule has 0 fully saturated rings. The number of halogens is 2. The Bertz CT molecular complexity index is 879. The van der Waals surface area contributed by atoms with Gasteiger partial charge in [0, 0.05) is 22.0 Å². The van der Waals surface area contributed by atoms with Crippen molar-refractivity contribution < 1.29 is 9.90 Å². The van der Waals surface area contributed by atoms with E-state index in [9.17, 15) is 9.90 Å². The van der Waals surface area contributed by atoms with E-state index >= 15 is 0 Å². The molecule has 0 radical (unpaired) electrons. The van der Waals surface area contributed by atoms with Crippen LogP contribution in [0.2, 0.25) is 10.0 Å². The highest BCUT2D eigenvalue weighted by molar-refractivity contribution is 6.34. The second-order valence-corrected chi connectivity index (χ2v) is 6.19.